The van der Waals surface area contributed by atoms with Gasteiger partial charge < -0.3 is 11.1 Å². The highest BCUT2D eigenvalue weighted by molar-refractivity contribution is 5.96. The Morgan fingerprint density at radius 3 is 2.67 bits per heavy atom. The number of rotatable bonds is 5. The molecule has 0 aliphatic heterocycles. The van der Waals surface area contributed by atoms with Crippen molar-refractivity contribution in [2.45, 2.75) is 26.7 Å². The van der Waals surface area contributed by atoms with Crippen molar-refractivity contribution in [2.75, 3.05) is 11.9 Å². The molecule has 0 saturated heterocycles. The van der Waals surface area contributed by atoms with Crippen LogP contribution in [0.15, 0.2) is 24.3 Å². The van der Waals surface area contributed by atoms with Crippen molar-refractivity contribution in [3.8, 4) is 11.4 Å². The number of benzene rings is 1. The minimum atomic E-state index is -0.239. The molecule has 1 amide bonds. The van der Waals surface area contributed by atoms with E-state index >= 15 is 0 Å². The zero-order chi connectivity index (χ0) is 15.4. The molecule has 4 N–H and O–H groups in total. The Morgan fingerprint density at radius 1 is 1.33 bits per heavy atom. The normalized spacial score (nSPS) is 12.4. The molecule has 0 aliphatic rings. The number of amides is 1. The van der Waals surface area contributed by atoms with Crippen molar-refractivity contribution in [2.24, 2.45) is 11.7 Å². The number of carbonyl (C=O) groups excluding carboxylic acids is 1. The van der Waals surface area contributed by atoms with Crippen molar-refractivity contribution >= 4 is 11.6 Å². The van der Waals surface area contributed by atoms with E-state index in [-0.39, 0.29) is 17.7 Å². The second-order valence-corrected chi connectivity index (χ2v) is 5.37. The predicted octanol–water partition coefficient (Wildman–Crippen LogP) is 2.13. The number of hydrogen-bond acceptors (Lipinski definition) is 4. The van der Waals surface area contributed by atoms with Gasteiger partial charge in [-0.3, -0.25) is 9.89 Å². The standard InChI is InChI=1S/C15H21N5O/c1-9(2)13-18-14(20-19-13)11-6-4-5-7-12(11)17-15(21)10(3)8-16/h4-7,9-10H,8,16H2,1-3H3,(H,17,21)(H,18,19,20). The summed E-state index contributed by atoms with van der Waals surface area (Å²) < 4.78 is 0. The van der Waals surface area contributed by atoms with Gasteiger partial charge in [0.15, 0.2) is 5.82 Å². The number of nitrogens with zero attached hydrogens (tertiary/aromatic N) is 2. The van der Waals surface area contributed by atoms with E-state index in [1.54, 1.807) is 6.92 Å². The van der Waals surface area contributed by atoms with E-state index in [1.807, 2.05) is 38.1 Å². The highest BCUT2D eigenvalue weighted by Crippen LogP contribution is 2.26. The number of aromatic amines is 1. The summed E-state index contributed by atoms with van der Waals surface area (Å²) in [6.07, 6.45) is 0. The Kier molecular flexibility index (Phi) is 4.70. The Morgan fingerprint density at radius 2 is 2.05 bits per heavy atom. The average molecular weight is 287 g/mol. The summed E-state index contributed by atoms with van der Waals surface area (Å²) >= 11 is 0. The summed E-state index contributed by atoms with van der Waals surface area (Å²) in [4.78, 5) is 16.5. The molecule has 0 radical (unpaired) electrons. The van der Waals surface area contributed by atoms with E-state index in [2.05, 4.69) is 20.5 Å². The number of H-pyrrole nitrogens is 1. The SMILES string of the molecule is CC(CN)C(=O)Nc1ccccc1-c1n[nH]c(C(C)C)n1. The minimum absolute atomic E-state index is 0.107. The molecule has 1 heterocycles. The van der Waals surface area contributed by atoms with E-state index in [4.69, 9.17) is 5.73 Å². The van der Waals surface area contributed by atoms with Crippen molar-refractivity contribution in [3.05, 3.63) is 30.1 Å². The van der Waals surface area contributed by atoms with Gasteiger partial charge in [0.25, 0.3) is 0 Å². The molecule has 21 heavy (non-hydrogen) atoms. The largest absolute Gasteiger partial charge is 0.330 e. The first-order valence-electron chi connectivity index (χ1n) is 7.05. The number of anilines is 1. The maximum Gasteiger partial charge on any atom is 0.228 e. The summed E-state index contributed by atoms with van der Waals surface area (Å²) in [7, 11) is 0. The maximum atomic E-state index is 12.0. The lowest BCUT2D eigenvalue weighted by atomic mass is 10.1. The summed E-state index contributed by atoms with van der Waals surface area (Å²) in [6.45, 7) is 6.19. The summed E-state index contributed by atoms with van der Waals surface area (Å²) in [5, 5.41) is 10.0. The zero-order valence-corrected chi connectivity index (χ0v) is 12.6. The van der Waals surface area contributed by atoms with E-state index in [9.17, 15) is 4.79 Å². The lowest BCUT2D eigenvalue weighted by molar-refractivity contribution is -0.119. The minimum Gasteiger partial charge on any atom is -0.330 e. The molecular weight excluding hydrogens is 266 g/mol. The van der Waals surface area contributed by atoms with Crippen LogP contribution in [0, 0.1) is 5.92 Å². The molecule has 0 bridgehead atoms. The molecule has 6 nitrogen and oxygen atoms in total. The third-order valence-electron chi connectivity index (χ3n) is 3.28. The molecule has 1 aromatic carbocycles. The fourth-order valence-corrected chi connectivity index (χ4v) is 1.80. The van der Waals surface area contributed by atoms with Gasteiger partial charge >= 0.3 is 0 Å². The predicted molar refractivity (Wildman–Crippen MR) is 82.8 cm³/mol. The lowest BCUT2D eigenvalue weighted by Crippen LogP contribution is -2.26. The smallest absolute Gasteiger partial charge is 0.228 e. The van der Waals surface area contributed by atoms with E-state index in [0.717, 1.165) is 11.4 Å². The fourth-order valence-electron chi connectivity index (χ4n) is 1.80. The van der Waals surface area contributed by atoms with Crippen LogP contribution in [0.2, 0.25) is 0 Å². The summed E-state index contributed by atoms with van der Waals surface area (Å²) in [6, 6.07) is 7.48. The first kappa shape index (κ1) is 15.2. The molecular formula is C15H21N5O. The molecule has 2 rings (SSSR count). The quantitative estimate of drug-likeness (QED) is 0.784. The van der Waals surface area contributed by atoms with Gasteiger partial charge in [-0.25, -0.2) is 4.98 Å². The lowest BCUT2D eigenvalue weighted by Gasteiger charge is -2.12. The van der Waals surface area contributed by atoms with E-state index in [0.29, 0.717) is 18.1 Å². The first-order chi connectivity index (χ1) is 10.0. The van der Waals surface area contributed by atoms with E-state index < -0.39 is 0 Å². The molecule has 2 aromatic rings. The molecule has 1 atom stereocenters. The number of nitrogens with two attached hydrogens (primary N) is 1. The van der Waals surface area contributed by atoms with Crippen molar-refractivity contribution in [1.82, 2.24) is 15.2 Å². The van der Waals surface area contributed by atoms with Crippen molar-refractivity contribution in [3.63, 3.8) is 0 Å². The fraction of sp³-hybridized carbons (Fsp3) is 0.400. The first-order valence-corrected chi connectivity index (χ1v) is 7.05. The van der Waals surface area contributed by atoms with Crippen LogP contribution in [0.25, 0.3) is 11.4 Å². The topological polar surface area (TPSA) is 96.7 Å². The third-order valence-corrected chi connectivity index (χ3v) is 3.28. The third kappa shape index (κ3) is 3.46. The highest BCUT2D eigenvalue weighted by Gasteiger charge is 2.16. The van der Waals surface area contributed by atoms with Gasteiger partial charge in [0, 0.05) is 23.9 Å². The molecule has 1 aromatic heterocycles. The maximum absolute atomic E-state index is 12.0. The van der Waals surface area contributed by atoms with Crippen LogP contribution in [0.1, 0.15) is 32.5 Å². The summed E-state index contributed by atoms with van der Waals surface area (Å²) in [5.74, 6) is 1.32. The van der Waals surface area contributed by atoms with Crippen molar-refractivity contribution in [1.29, 1.82) is 0 Å². The van der Waals surface area contributed by atoms with Gasteiger partial charge in [-0.1, -0.05) is 32.9 Å². The van der Waals surface area contributed by atoms with E-state index in [1.165, 1.54) is 0 Å². The van der Waals surface area contributed by atoms with Gasteiger partial charge in [-0.15, -0.1) is 0 Å². The van der Waals surface area contributed by atoms with Gasteiger partial charge in [0.2, 0.25) is 5.91 Å². The second kappa shape index (κ2) is 6.49. The number of carbonyl (C=O) groups is 1. The molecule has 0 spiro atoms. The Balaban J connectivity index is 2.30. The van der Waals surface area contributed by atoms with Crippen LogP contribution in [0.5, 0.6) is 0 Å². The molecule has 6 heteroatoms. The number of hydrogen-bond donors (Lipinski definition) is 3. The van der Waals surface area contributed by atoms with Crippen LogP contribution >= 0.6 is 0 Å². The van der Waals surface area contributed by atoms with Crippen LogP contribution in [0.3, 0.4) is 0 Å². The molecule has 0 fully saturated rings. The molecule has 0 saturated carbocycles. The van der Waals surface area contributed by atoms with Crippen LogP contribution in [-0.2, 0) is 4.79 Å². The zero-order valence-electron chi connectivity index (χ0n) is 12.6. The van der Waals surface area contributed by atoms with Crippen LogP contribution in [0.4, 0.5) is 5.69 Å². The Bertz CT molecular complexity index is 620. The van der Waals surface area contributed by atoms with Gasteiger partial charge in [0.1, 0.15) is 5.82 Å². The van der Waals surface area contributed by atoms with Crippen molar-refractivity contribution < 1.29 is 4.79 Å². The molecule has 112 valence electrons. The van der Waals surface area contributed by atoms with Gasteiger partial charge in [0.05, 0.1) is 5.69 Å². The molecule has 1 unspecified atom stereocenters. The van der Waals surface area contributed by atoms with Crippen LogP contribution in [-0.4, -0.2) is 27.6 Å². The summed E-state index contributed by atoms with van der Waals surface area (Å²) in [5.41, 5.74) is 7.00. The average Bonchev–Trinajstić information content (AvgIpc) is 2.96. The van der Waals surface area contributed by atoms with Gasteiger partial charge in [-0.05, 0) is 12.1 Å². The number of nitrogens with one attached hydrogen (secondary N) is 2. The number of aromatic nitrogens is 3. The monoisotopic (exact) mass is 287 g/mol. The second-order valence-electron chi connectivity index (χ2n) is 5.37. The Labute approximate surface area is 124 Å². The Hall–Kier alpha value is -2.21. The highest BCUT2D eigenvalue weighted by atomic mass is 16.1. The van der Waals surface area contributed by atoms with Crippen LogP contribution < -0.4 is 11.1 Å². The van der Waals surface area contributed by atoms with Gasteiger partial charge in [-0.2, -0.15) is 5.10 Å². The number of para-hydroxylation sites is 1. The molecule has 0 aliphatic carbocycles.